The van der Waals surface area contributed by atoms with Gasteiger partial charge < -0.3 is 4.74 Å². The molecule has 0 saturated carbocycles. The molecule has 0 radical (unpaired) electrons. The third-order valence-electron chi connectivity index (χ3n) is 2.95. The van der Waals surface area contributed by atoms with Crippen LogP contribution in [0.3, 0.4) is 0 Å². The summed E-state index contributed by atoms with van der Waals surface area (Å²) in [4.78, 5) is 8.80. The van der Waals surface area contributed by atoms with Gasteiger partial charge in [-0.05, 0) is 6.92 Å². The molecule has 0 aliphatic heterocycles. The van der Waals surface area contributed by atoms with Crippen molar-refractivity contribution in [1.82, 2.24) is 9.97 Å². The first-order valence-electron chi connectivity index (χ1n) is 5.76. The van der Waals surface area contributed by atoms with Gasteiger partial charge in [0.15, 0.2) is 5.82 Å². The van der Waals surface area contributed by atoms with Gasteiger partial charge in [0.2, 0.25) is 0 Å². The molecule has 1 unspecified atom stereocenters. The van der Waals surface area contributed by atoms with Crippen LogP contribution in [0.2, 0.25) is 19.6 Å². The molecule has 0 aromatic carbocycles. The van der Waals surface area contributed by atoms with Gasteiger partial charge >= 0.3 is 0 Å². The topological polar surface area (TPSA) is 35.0 Å². The molecule has 0 N–H and O–H groups in total. The minimum atomic E-state index is -1.23. The van der Waals surface area contributed by atoms with Crippen LogP contribution in [0.15, 0.2) is 17.0 Å². The zero-order chi connectivity index (χ0) is 12.5. The lowest BCUT2D eigenvalue weighted by Crippen LogP contribution is -2.37. The highest BCUT2D eigenvalue weighted by atomic mass is 32.1. The summed E-state index contributed by atoms with van der Waals surface area (Å²) in [7, 11) is -1.23. The lowest BCUT2D eigenvalue weighted by atomic mass is 10.4. The lowest BCUT2D eigenvalue weighted by Gasteiger charge is -2.24. The number of nitrogens with zero attached hydrogens (tertiary/aromatic N) is 2. The van der Waals surface area contributed by atoms with E-state index in [9.17, 15) is 0 Å². The second kappa shape index (κ2) is 4.84. The monoisotopic (exact) mass is 266 g/mol. The lowest BCUT2D eigenvalue weighted by molar-refractivity contribution is 0.0930. The van der Waals surface area contributed by atoms with Gasteiger partial charge in [0.1, 0.15) is 6.61 Å². The molecule has 0 aliphatic rings. The molecule has 0 fully saturated rings. The Morgan fingerprint density at radius 2 is 2.12 bits per heavy atom. The van der Waals surface area contributed by atoms with Crippen molar-refractivity contribution in [3.8, 4) is 0 Å². The van der Waals surface area contributed by atoms with Crippen molar-refractivity contribution in [3.63, 3.8) is 0 Å². The smallest absolute Gasteiger partial charge is 0.154 e. The number of hydrogen-bond donors (Lipinski definition) is 0. The third kappa shape index (κ3) is 3.11. The maximum Gasteiger partial charge on any atom is 0.154 e. The Kier molecular flexibility index (Phi) is 3.60. The predicted molar refractivity (Wildman–Crippen MR) is 75.0 cm³/mol. The zero-order valence-electron chi connectivity index (χ0n) is 10.7. The highest BCUT2D eigenvalue weighted by Gasteiger charge is 2.23. The van der Waals surface area contributed by atoms with Crippen molar-refractivity contribution in [2.24, 2.45) is 0 Å². The average Bonchev–Trinajstić information content (AvgIpc) is 2.71. The van der Waals surface area contributed by atoms with Crippen LogP contribution in [0.1, 0.15) is 12.7 Å². The molecule has 2 heterocycles. The van der Waals surface area contributed by atoms with Crippen LogP contribution in [0.5, 0.6) is 0 Å². The SMILES string of the molecule is CC(OCc1ncc2cscc2n1)[Si](C)(C)C. The molecule has 17 heavy (non-hydrogen) atoms. The first-order chi connectivity index (χ1) is 7.97. The number of ether oxygens (including phenoxy) is 1. The van der Waals surface area contributed by atoms with E-state index in [0.717, 1.165) is 16.7 Å². The molecule has 92 valence electrons. The Labute approximate surface area is 107 Å². The molecular weight excluding hydrogens is 248 g/mol. The predicted octanol–water partition coefficient (Wildman–Crippen LogP) is 3.47. The number of aromatic nitrogens is 2. The maximum atomic E-state index is 5.86. The molecule has 5 heteroatoms. The van der Waals surface area contributed by atoms with E-state index < -0.39 is 8.07 Å². The van der Waals surface area contributed by atoms with E-state index in [1.807, 2.05) is 11.6 Å². The summed E-state index contributed by atoms with van der Waals surface area (Å²) in [6.07, 6.45) is 1.87. The van der Waals surface area contributed by atoms with Crippen molar-refractivity contribution in [1.29, 1.82) is 0 Å². The van der Waals surface area contributed by atoms with Gasteiger partial charge in [-0.2, -0.15) is 0 Å². The number of rotatable bonds is 4. The molecule has 2 aromatic heterocycles. The fourth-order valence-corrected chi connectivity index (χ4v) is 2.62. The summed E-state index contributed by atoms with van der Waals surface area (Å²) in [5.74, 6) is 0.779. The summed E-state index contributed by atoms with van der Waals surface area (Å²) < 4.78 is 5.86. The van der Waals surface area contributed by atoms with E-state index in [-0.39, 0.29) is 0 Å². The van der Waals surface area contributed by atoms with E-state index in [2.05, 4.69) is 41.9 Å². The molecule has 1 atom stereocenters. The van der Waals surface area contributed by atoms with E-state index in [1.54, 1.807) is 11.3 Å². The van der Waals surface area contributed by atoms with Crippen molar-refractivity contribution in [2.45, 2.75) is 38.9 Å². The van der Waals surface area contributed by atoms with Gasteiger partial charge in [-0.25, -0.2) is 9.97 Å². The average molecular weight is 266 g/mol. The highest BCUT2D eigenvalue weighted by Crippen LogP contribution is 2.17. The Hall–Kier alpha value is -0.783. The van der Waals surface area contributed by atoms with Crippen molar-refractivity contribution >= 4 is 30.3 Å². The Morgan fingerprint density at radius 3 is 2.82 bits per heavy atom. The fraction of sp³-hybridized carbons (Fsp3) is 0.500. The summed E-state index contributed by atoms with van der Waals surface area (Å²) in [6.45, 7) is 9.58. The fourth-order valence-electron chi connectivity index (χ4n) is 1.32. The molecule has 2 rings (SSSR count). The van der Waals surface area contributed by atoms with Gasteiger partial charge in [0.25, 0.3) is 0 Å². The quantitative estimate of drug-likeness (QED) is 0.795. The minimum Gasteiger partial charge on any atom is -0.374 e. The van der Waals surface area contributed by atoms with Gasteiger partial charge in [0.05, 0.1) is 13.6 Å². The third-order valence-corrected chi connectivity index (χ3v) is 6.31. The van der Waals surface area contributed by atoms with E-state index in [1.165, 1.54) is 0 Å². The molecular formula is C12H18N2OSSi. The molecule has 0 bridgehead atoms. The van der Waals surface area contributed by atoms with Crippen LogP contribution in [0.25, 0.3) is 10.9 Å². The number of thiophene rings is 1. The maximum absolute atomic E-state index is 5.86. The van der Waals surface area contributed by atoms with Crippen LogP contribution in [0.4, 0.5) is 0 Å². The minimum absolute atomic E-state index is 0.323. The second-order valence-electron chi connectivity index (χ2n) is 5.32. The Balaban J connectivity index is 2.03. The van der Waals surface area contributed by atoms with Gasteiger partial charge in [0, 0.05) is 28.1 Å². The molecule has 3 nitrogen and oxygen atoms in total. The largest absolute Gasteiger partial charge is 0.374 e. The summed E-state index contributed by atoms with van der Waals surface area (Å²) >= 11 is 1.65. The first-order valence-corrected chi connectivity index (χ1v) is 10.3. The summed E-state index contributed by atoms with van der Waals surface area (Å²) in [5.41, 5.74) is 1.34. The molecule has 0 spiro atoms. The highest BCUT2D eigenvalue weighted by molar-refractivity contribution is 7.09. The van der Waals surface area contributed by atoms with Crippen LogP contribution in [-0.2, 0) is 11.3 Å². The molecule has 2 aromatic rings. The van der Waals surface area contributed by atoms with Gasteiger partial charge in [-0.3, -0.25) is 0 Å². The van der Waals surface area contributed by atoms with Gasteiger partial charge in [-0.15, -0.1) is 11.3 Å². The Morgan fingerprint density at radius 1 is 1.35 bits per heavy atom. The van der Waals surface area contributed by atoms with E-state index >= 15 is 0 Å². The van der Waals surface area contributed by atoms with Crippen molar-refractivity contribution in [2.75, 3.05) is 0 Å². The van der Waals surface area contributed by atoms with Gasteiger partial charge in [-0.1, -0.05) is 19.6 Å². The van der Waals surface area contributed by atoms with Crippen molar-refractivity contribution < 1.29 is 4.74 Å². The summed E-state index contributed by atoms with van der Waals surface area (Å²) in [5, 5.41) is 5.21. The normalized spacial score (nSPS) is 14.1. The Bertz CT molecular complexity index is 506. The zero-order valence-corrected chi connectivity index (χ0v) is 12.5. The van der Waals surface area contributed by atoms with Crippen molar-refractivity contribution in [3.05, 3.63) is 22.8 Å². The van der Waals surface area contributed by atoms with Crippen LogP contribution < -0.4 is 0 Å². The van der Waals surface area contributed by atoms with E-state index in [4.69, 9.17) is 4.74 Å². The standard InChI is InChI=1S/C12H18N2OSSi/c1-9(17(2,3)4)15-6-12-13-5-10-7-16-8-11(10)14-12/h5,7-9H,6H2,1-4H3. The number of fused-ring (bicyclic) bond motifs is 1. The second-order valence-corrected chi connectivity index (χ2v) is 11.6. The molecule has 0 amide bonds. The van der Waals surface area contributed by atoms with Crippen LogP contribution in [0, 0.1) is 0 Å². The van der Waals surface area contributed by atoms with Crippen LogP contribution >= 0.6 is 11.3 Å². The first kappa shape index (κ1) is 12.7. The number of hydrogen-bond acceptors (Lipinski definition) is 4. The molecule has 0 saturated heterocycles. The molecule has 0 aliphatic carbocycles. The summed E-state index contributed by atoms with van der Waals surface area (Å²) in [6, 6.07) is 0. The van der Waals surface area contributed by atoms with E-state index in [0.29, 0.717) is 12.3 Å². The van der Waals surface area contributed by atoms with Crippen LogP contribution in [-0.4, -0.2) is 23.8 Å².